The molecule has 190 valence electrons. The number of pyridine rings is 1. The molecule has 2 rings (SSSR count). The molecule has 0 saturated heterocycles. The zero-order valence-electron chi connectivity index (χ0n) is 21.0. The zero-order valence-corrected chi connectivity index (χ0v) is 23.9. The van der Waals surface area contributed by atoms with Crippen LogP contribution in [0.15, 0.2) is 42.7 Å². The molecule has 0 atom stereocenters. The predicted molar refractivity (Wildman–Crippen MR) is 137 cm³/mol. The fourth-order valence-electron chi connectivity index (χ4n) is 3.90. The van der Waals surface area contributed by atoms with E-state index in [0.29, 0.717) is 23.7 Å². The van der Waals surface area contributed by atoms with E-state index in [2.05, 4.69) is 29.9 Å². The van der Waals surface area contributed by atoms with Gasteiger partial charge < -0.3 is 34.0 Å². The monoisotopic (exact) mass is 600 g/mol. The quantitative estimate of drug-likeness (QED) is 0.167. The number of hydrogen-bond donors (Lipinski definition) is 1. The van der Waals surface area contributed by atoms with Crippen LogP contribution in [0.2, 0.25) is 5.02 Å². The lowest BCUT2D eigenvalue weighted by molar-refractivity contribution is -0.697. The van der Waals surface area contributed by atoms with Crippen molar-refractivity contribution >= 4 is 17.5 Å². The number of rotatable bonds is 17. The molecule has 0 aliphatic carbocycles. The van der Waals surface area contributed by atoms with Gasteiger partial charge in [0.25, 0.3) is 5.91 Å². The molecule has 0 fully saturated rings. The molecule has 0 radical (unpaired) electrons. The predicted octanol–water partition coefficient (Wildman–Crippen LogP) is 4.27. The van der Waals surface area contributed by atoms with Gasteiger partial charge in [-0.05, 0) is 30.7 Å². The molecule has 1 heterocycles. The molecule has 0 saturated carbocycles. The molecule has 0 aliphatic heterocycles. The third-order valence-electron chi connectivity index (χ3n) is 5.81. The SMILES string of the molecule is CCCCCCCCCCCCOc1ccc(C(=O)NCc2ccc[n+](CCC)c2)c(Cl)c1.[I-]. The Morgan fingerprint density at radius 2 is 1.62 bits per heavy atom. The number of benzene rings is 1. The number of unbranched alkanes of at least 4 members (excludes halogenated alkanes) is 9. The minimum atomic E-state index is -0.174. The molecule has 1 amide bonds. The molecule has 4 nitrogen and oxygen atoms in total. The van der Waals surface area contributed by atoms with Crippen LogP contribution < -0.4 is 38.6 Å². The minimum Gasteiger partial charge on any atom is -1.00 e. The number of hydrogen-bond acceptors (Lipinski definition) is 2. The summed E-state index contributed by atoms with van der Waals surface area (Å²) in [5, 5.41) is 3.38. The lowest BCUT2D eigenvalue weighted by atomic mass is 10.1. The highest BCUT2D eigenvalue weighted by Gasteiger charge is 2.12. The fourth-order valence-corrected chi connectivity index (χ4v) is 4.16. The maximum atomic E-state index is 12.6. The van der Waals surface area contributed by atoms with Crippen LogP contribution >= 0.6 is 11.6 Å². The summed E-state index contributed by atoms with van der Waals surface area (Å²) in [7, 11) is 0. The summed E-state index contributed by atoms with van der Waals surface area (Å²) in [5.74, 6) is 0.545. The second kappa shape index (κ2) is 18.9. The first-order valence-electron chi connectivity index (χ1n) is 12.8. The maximum absolute atomic E-state index is 12.6. The van der Waals surface area contributed by atoms with Crippen molar-refractivity contribution in [1.82, 2.24) is 5.32 Å². The molecular weight excluding hydrogens is 559 g/mol. The number of carbonyl (C=O) groups is 1. The Labute approximate surface area is 228 Å². The number of carbonyl (C=O) groups excluding carboxylic acids is 1. The Balaban J connectivity index is 0.00000578. The van der Waals surface area contributed by atoms with Gasteiger partial charge in [0, 0.05) is 24.6 Å². The summed E-state index contributed by atoms with van der Waals surface area (Å²) >= 11 is 6.37. The van der Waals surface area contributed by atoms with Crippen molar-refractivity contribution in [1.29, 1.82) is 0 Å². The van der Waals surface area contributed by atoms with Crippen LogP contribution in [-0.2, 0) is 13.1 Å². The molecule has 34 heavy (non-hydrogen) atoms. The number of halogens is 2. The third kappa shape index (κ3) is 12.4. The van der Waals surface area contributed by atoms with E-state index in [0.717, 1.165) is 30.7 Å². The van der Waals surface area contributed by atoms with Crippen molar-refractivity contribution in [2.45, 2.75) is 97.6 Å². The molecule has 6 heteroatoms. The molecule has 0 spiro atoms. The fraction of sp³-hybridized carbons (Fsp3) is 0.571. The number of aryl methyl sites for hydroxylation is 1. The van der Waals surface area contributed by atoms with Crippen LogP contribution in [0.25, 0.3) is 0 Å². The highest BCUT2D eigenvalue weighted by atomic mass is 127. The lowest BCUT2D eigenvalue weighted by Crippen LogP contribution is -3.00. The van der Waals surface area contributed by atoms with Gasteiger partial charge in [-0.1, -0.05) is 83.2 Å². The summed E-state index contributed by atoms with van der Waals surface area (Å²) in [6.07, 6.45) is 18.2. The lowest BCUT2D eigenvalue weighted by Gasteiger charge is -2.10. The molecular formula is C28H42ClIN2O2. The van der Waals surface area contributed by atoms with Gasteiger partial charge in [0.05, 0.1) is 17.2 Å². The van der Waals surface area contributed by atoms with Crippen molar-refractivity contribution in [3.05, 3.63) is 58.9 Å². The third-order valence-corrected chi connectivity index (χ3v) is 6.12. The number of nitrogens with one attached hydrogen (secondary N) is 1. The first-order chi connectivity index (χ1) is 16.1. The van der Waals surface area contributed by atoms with Gasteiger partial charge in [-0.3, -0.25) is 4.79 Å². The van der Waals surface area contributed by atoms with E-state index in [1.165, 1.54) is 57.8 Å². The van der Waals surface area contributed by atoms with Crippen LogP contribution in [0.3, 0.4) is 0 Å². The molecule has 0 aliphatic rings. The smallest absolute Gasteiger partial charge is 0.253 e. The summed E-state index contributed by atoms with van der Waals surface area (Å²) in [6.45, 7) is 6.53. The molecule has 0 unspecified atom stereocenters. The number of amides is 1. The number of aromatic nitrogens is 1. The average molecular weight is 601 g/mol. The average Bonchev–Trinajstić information content (AvgIpc) is 2.81. The van der Waals surface area contributed by atoms with Gasteiger partial charge in [0.2, 0.25) is 0 Å². The Morgan fingerprint density at radius 1 is 0.941 bits per heavy atom. The number of ether oxygens (including phenoxy) is 1. The van der Waals surface area contributed by atoms with Gasteiger partial charge in [0.15, 0.2) is 12.4 Å². The van der Waals surface area contributed by atoms with Crippen LogP contribution in [0, 0.1) is 0 Å². The largest absolute Gasteiger partial charge is 1.00 e. The van der Waals surface area contributed by atoms with E-state index >= 15 is 0 Å². The minimum absolute atomic E-state index is 0. The summed E-state index contributed by atoms with van der Waals surface area (Å²) in [4.78, 5) is 12.6. The Kier molecular flexibility index (Phi) is 17.1. The van der Waals surface area contributed by atoms with Crippen LogP contribution in [0.1, 0.15) is 100 Å². The van der Waals surface area contributed by atoms with E-state index in [9.17, 15) is 4.79 Å². The van der Waals surface area contributed by atoms with E-state index in [-0.39, 0.29) is 29.9 Å². The highest BCUT2D eigenvalue weighted by Crippen LogP contribution is 2.23. The van der Waals surface area contributed by atoms with Crippen molar-refractivity contribution in [2.75, 3.05) is 6.61 Å². The van der Waals surface area contributed by atoms with E-state index in [1.54, 1.807) is 12.1 Å². The Bertz CT molecular complexity index is 832. The topological polar surface area (TPSA) is 42.2 Å². The van der Waals surface area contributed by atoms with Crippen LogP contribution in [0.5, 0.6) is 5.75 Å². The van der Waals surface area contributed by atoms with Crippen LogP contribution in [-0.4, -0.2) is 12.5 Å². The van der Waals surface area contributed by atoms with E-state index < -0.39 is 0 Å². The summed E-state index contributed by atoms with van der Waals surface area (Å²) < 4.78 is 7.97. The second-order valence-electron chi connectivity index (χ2n) is 8.80. The highest BCUT2D eigenvalue weighted by molar-refractivity contribution is 6.34. The van der Waals surface area contributed by atoms with Crippen molar-refractivity contribution < 1.29 is 38.1 Å². The van der Waals surface area contributed by atoms with Crippen molar-refractivity contribution in [3.63, 3.8) is 0 Å². The van der Waals surface area contributed by atoms with Gasteiger partial charge in [-0.15, -0.1) is 0 Å². The standard InChI is InChI=1S/C28H41ClN2O2.HI/c1-3-5-6-7-8-9-10-11-12-13-20-33-25-16-17-26(27(29)21-25)28(32)30-22-24-15-14-19-31(23-24)18-4-2;/h14-17,19,21,23H,3-13,18,20,22H2,1-2H3;1H. The van der Waals surface area contributed by atoms with Gasteiger partial charge >= 0.3 is 0 Å². The Morgan fingerprint density at radius 3 is 2.26 bits per heavy atom. The van der Waals surface area contributed by atoms with Gasteiger partial charge in [-0.2, -0.15) is 0 Å². The molecule has 0 bridgehead atoms. The summed E-state index contributed by atoms with van der Waals surface area (Å²) in [6, 6.07) is 9.33. The van der Waals surface area contributed by atoms with Crippen molar-refractivity contribution in [2.24, 2.45) is 0 Å². The summed E-state index contributed by atoms with van der Waals surface area (Å²) in [5.41, 5.74) is 1.53. The Hall–Kier alpha value is -1.34. The first kappa shape index (κ1) is 30.7. The zero-order chi connectivity index (χ0) is 23.7. The number of nitrogens with zero attached hydrogens (tertiary/aromatic N) is 1. The van der Waals surface area contributed by atoms with Gasteiger partial charge in [0.1, 0.15) is 12.3 Å². The van der Waals surface area contributed by atoms with Gasteiger partial charge in [-0.25, -0.2) is 4.57 Å². The van der Waals surface area contributed by atoms with E-state index in [1.807, 2.05) is 24.4 Å². The molecule has 1 aromatic carbocycles. The molecule has 1 N–H and O–H groups in total. The second-order valence-corrected chi connectivity index (χ2v) is 9.21. The van der Waals surface area contributed by atoms with Crippen LogP contribution in [0.4, 0.5) is 0 Å². The molecule has 2 aromatic rings. The van der Waals surface area contributed by atoms with Crippen molar-refractivity contribution in [3.8, 4) is 5.75 Å². The normalized spacial score (nSPS) is 10.6. The first-order valence-corrected chi connectivity index (χ1v) is 13.2. The molecule has 1 aromatic heterocycles. The maximum Gasteiger partial charge on any atom is 0.253 e. The van der Waals surface area contributed by atoms with E-state index in [4.69, 9.17) is 16.3 Å².